The maximum Gasteiger partial charge on any atom is 0.253 e. The summed E-state index contributed by atoms with van der Waals surface area (Å²) in [5.41, 5.74) is 4.70. The van der Waals surface area contributed by atoms with Gasteiger partial charge in [0, 0.05) is 43.8 Å². The summed E-state index contributed by atoms with van der Waals surface area (Å²) in [7, 11) is 3.55. The Morgan fingerprint density at radius 1 is 0.962 bits per heavy atom. The van der Waals surface area contributed by atoms with Crippen LogP contribution in [0.3, 0.4) is 0 Å². The molecule has 0 bridgehead atoms. The molecule has 3 nitrogen and oxygen atoms in total. The second-order valence-electron chi connectivity index (χ2n) is 6.96. The van der Waals surface area contributed by atoms with E-state index < -0.39 is 0 Å². The van der Waals surface area contributed by atoms with Crippen molar-refractivity contribution in [3.8, 4) is 0 Å². The predicted molar refractivity (Wildman–Crippen MR) is 111 cm³/mol. The number of piperidine rings is 1. The van der Waals surface area contributed by atoms with Crippen LogP contribution in [0.1, 0.15) is 34.3 Å². The van der Waals surface area contributed by atoms with Crippen LogP contribution in [0.15, 0.2) is 60.2 Å². The van der Waals surface area contributed by atoms with Gasteiger partial charge in [-0.25, -0.2) is 0 Å². The van der Waals surface area contributed by atoms with E-state index in [4.69, 9.17) is 0 Å². The van der Waals surface area contributed by atoms with E-state index in [1.54, 1.807) is 19.0 Å². The molecule has 0 saturated carbocycles. The highest BCUT2D eigenvalue weighted by Crippen LogP contribution is 2.31. The van der Waals surface area contributed by atoms with Gasteiger partial charge in [-0.1, -0.05) is 64.0 Å². The van der Waals surface area contributed by atoms with Crippen molar-refractivity contribution in [3.05, 3.63) is 76.9 Å². The summed E-state index contributed by atoms with van der Waals surface area (Å²) in [6.07, 6.45) is 2.15. The van der Waals surface area contributed by atoms with Crippen molar-refractivity contribution in [3.63, 3.8) is 0 Å². The van der Waals surface area contributed by atoms with Gasteiger partial charge < -0.3 is 4.90 Å². The Labute approximate surface area is 164 Å². The van der Waals surface area contributed by atoms with Crippen molar-refractivity contribution in [2.75, 3.05) is 27.2 Å². The Hall–Kier alpha value is -1.91. The second-order valence-corrected chi connectivity index (χ2v) is 7.75. The fourth-order valence-corrected chi connectivity index (χ4v) is 3.92. The minimum atomic E-state index is 0.0366. The second kappa shape index (κ2) is 8.65. The van der Waals surface area contributed by atoms with Crippen LogP contribution in [-0.2, 0) is 6.54 Å². The molecule has 1 fully saturated rings. The number of amides is 1. The molecule has 3 rings (SSSR count). The fourth-order valence-electron chi connectivity index (χ4n) is 3.26. The Balaban J connectivity index is 1.63. The molecule has 0 N–H and O–H groups in total. The van der Waals surface area contributed by atoms with Crippen molar-refractivity contribution in [2.24, 2.45) is 0 Å². The Bertz CT molecular complexity index is 772. The zero-order valence-electron chi connectivity index (χ0n) is 15.4. The molecule has 1 aliphatic heterocycles. The van der Waals surface area contributed by atoms with Gasteiger partial charge in [-0.3, -0.25) is 9.69 Å². The molecule has 2 aromatic rings. The van der Waals surface area contributed by atoms with E-state index in [9.17, 15) is 4.79 Å². The lowest BCUT2D eigenvalue weighted by Gasteiger charge is -2.29. The Kier molecular flexibility index (Phi) is 6.28. The summed E-state index contributed by atoms with van der Waals surface area (Å²) in [4.78, 5) is 16.1. The van der Waals surface area contributed by atoms with Crippen LogP contribution in [-0.4, -0.2) is 42.9 Å². The van der Waals surface area contributed by atoms with Gasteiger partial charge in [0.05, 0.1) is 0 Å². The van der Waals surface area contributed by atoms with Gasteiger partial charge in [0.2, 0.25) is 0 Å². The molecular weight excluding hydrogens is 388 g/mol. The van der Waals surface area contributed by atoms with Gasteiger partial charge in [-0.2, -0.15) is 0 Å². The van der Waals surface area contributed by atoms with Crippen LogP contribution in [0.5, 0.6) is 0 Å². The zero-order valence-corrected chi connectivity index (χ0v) is 17.0. The molecule has 0 spiro atoms. The van der Waals surface area contributed by atoms with Crippen LogP contribution in [0.2, 0.25) is 0 Å². The van der Waals surface area contributed by atoms with E-state index in [-0.39, 0.29) is 5.91 Å². The van der Waals surface area contributed by atoms with Crippen LogP contribution in [0.4, 0.5) is 0 Å². The highest BCUT2D eigenvalue weighted by Gasteiger charge is 2.17. The number of hydrogen-bond acceptors (Lipinski definition) is 2. The SMILES string of the molecule is CN(C)C(=O)c1ccc(C(Br)=C2CCN(Cc3ccccc3)CC2)cc1. The van der Waals surface area contributed by atoms with Crippen LogP contribution < -0.4 is 0 Å². The summed E-state index contributed by atoms with van der Waals surface area (Å²) in [6.45, 7) is 3.18. The molecule has 136 valence electrons. The number of carbonyl (C=O) groups is 1. The molecule has 0 aromatic heterocycles. The molecule has 1 aliphatic rings. The standard InChI is InChI=1S/C22H25BrN2O/c1-24(2)22(26)20-10-8-18(9-11-20)21(23)19-12-14-25(15-13-19)16-17-6-4-3-5-7-17/h3-11H,12-16H2,1-2H3. The molecule has 1 amide bonds. The van der Waals surface area contributed by atoms with Gasteiger partial charge >= 0.3 is 0 Å². The van der Waals surface area contributed by atoms with E-state index >= 15 is 0 Å². The quantitative estimate of drug-likeness (QED) is 0.720. The predicted octanol–water partition coefficient (Wildman–Crippen LogP) is 4.79. The van der Waals surface area contributed by atoms with Crippen molar-refractivity contribution in [1.82, 2.24) is 9.80 Å². The van der Waals surface area contributed by atoms with E-state index in [0.717, 1.165) is 43.6 Å². The molecule has 0 radical (unpaired) electrons. The van der Waals surface area contributed by atoms with Crippen molar-refractivity contribution in [1.29, 1.82) is 0 Å². The summed E-state index contributed by atoms with van der Waals surface area (Å²) in [6, 6.07) is 18.5. The lowest BCUT2D eigenvalue weighted by atomic mass is 9.99. The lowest BCUT2D eigenvalue weighted by molar-refractivity contribution is 0.0827. The fraction of sp³-hybridized carbons (Fsp3) is 0.318. The smallest absolute Gasteiger partial charge is 0.253 e. The average Bonchev–Trinajstić information content (AvgIpc) is 2.68. The third-order valence-corrected chi connectivity index (χ3v) is 5.83. The van der Waals surface area contributed by atoms with E-state index in [0.29, 0.717) is 0 Å². The third kappa shape index (κ3) is 4.63. The first kappa shape index (κ1) is 18.9. The molecule has 1 saturated heterocycles. The Morgan fingerprint density at radius 3 is 2.12 bits per heavy atom. The van der Waals surface area contributed by atoms with Crippen LogP contribution in [0, 0.1) is 0 Å². The van der Waals surface area contributed by atoms with Gasteiger partial charge in [0.1, 0.15) is 0 Å². The molecule has 4 heteroatoms. The number of nitrogens with zero attached hydrogens (tertiary/aromatic N) is 2. The number of benzene rings is 2. The van der Waals surface area contributed by atoms with Crippen LogP contribution in [0.25, 0.3) is 4.48 Å². The highest BCUT2D eigenvalue weighted by atomic mass is 79.9. The normalized spacial score (nSPS) is 15.0. The maximum absolute atomic E-state index is 12.0. The zero-order chi connectivity index (χ0) is 18.5. The molecule has 26 heavy (non-hydrogen) atoms. The van der Waals surface area contributed by atoms with E-state index in [1.807, 2.05) is 24.3 Å². The van der Waals surface area contributed by atoms with Gasteiger partial charge in [-0.05, 0) is 36.1 Å². The number of halogens is 1. The largest absolute Gasteiger partial charge is 0.345 e. The first-order valence-electron chi connectivity index (χ1n) is 9.00. The number of rotatable bonds is 4. The average molecular weight is 413 g/mol. The maximum atomic E-state index is 12.0. The van der Waals surface area contributed by atoms with E-state index in [1.165, 1.54) is 15.6 Å². The Morgan fingerprint density at radius 2 is 1.54 bits per heavy atom. The van der Waals surface area contributed by atoms with Gasteiger partial charge in [0.25, 0.3) is 5.91 Å². The molecule has 0 atom stereocenters. The van der Waals surface area contributed by atoms with Gasteiger partial charge in [-0.15, -0.1) is 0 Å². The third-order valence-electron chi connectivity index (χ3n) is 4.81. The van der Waals surface area contributed by atoms with Crippen molar-refractivity contribution >= 4 is 26.3 Å². The lowest BCUT2D eigenvalue weighted by Crippen LogP contribution is -2.30. The van der Waals surface area contributed by atoms with Gasteiger partial charge in [0.15, 0.2) is 0 Å². The van der Waals surface area contributed by atoms with Crippen molar-refractivity contribution < 1.29 is 4.79 Å². The number of carbonyl (C=O) groups excluding carboxylic acids is 1. The number of hydrogen-bond donors (Lipinski definition) is 0. The van der Waals surface area contributed by atoms with Crippen LogP contribution >= 0.6 is 15.9 Å². The topological polar surface area (TPSA) is 23.6 Å². The molecule has 1 heterocycles. The summed E-state index contributed by atoms with van der Waals surface area (Å²) < 4.78 is 1.18. The molecule has 0 aliphatic carbocycles. The summed E-state index contributed by atoms with van der Waals surface area (Å²) >= 11 is 3.79. The first-order valence-corrected chi connectivity index (χ1v) is 9.80. The molecule has 0 unspecified atom stereocenters. The van der Waals surface area contributed by atoms with E-state index in [2.05, 4.69) is 51.2 Å². The van der Waals surface area contributed by atoms with Crippen molar-refractivity contribution in [2.45, 2.75) is 19.4 Å². The monoisotopic (exact) mass is 412 g/mol. The molecular formula is C22H25BrN2O. The number of likely N-dealkylation sites (tertiary alicyclic amines) is 1. The minimum absolute atomic E-state index is 0.0366. The molecule has 2 aromatic carbocycles. The summed E-state index contributed by atoms with van der Waals surface area (Å²) in [5, 5.41) is 0. The highest BCUT2D eigenvalue weighted by molar-refractivity contribution is 9.15. The minimum Gasteiger partial charge on any atom is -0.345 e. The first-order chi connectivity index (χ1) is 12.5. The summed E-state index contributed by atoms with van der Waals surface area (Å²) in [5.74, 6) is 0.0366.